The molecule has 0 bridgehead atoms. The summed E-state index contributed by atoms with van der Waals surface area (Å²) in [5, 5.41) is 14.9. The third-order valence-electron chi connectivity index (χ3n) is 4.11. The Labute approximate surface area is 168 Å². The molecule has 0 aromatic heterocycles. The minimum Gasteiger partial charge on any atom is -0.465 e. The van der Waals surface area contributed by atoms with E-state index in [1.54, 1.807) is 6.07 Å². The van der Waals surface area contributed by atoms with Gasteiger partial charge in [0.2, 0.25) is 5.91 Å². The van der Waals surface area contributed by atoms with Crippen LogP contribution in [0.5, 0.6) is 0 Å². The van der Waals surface area contributed by atoms with Gasteiger partial charge in [-0.1, -0.05) is 66.9 Å². The molecule has 0 saturated heterocycles. The lowest BCUT2D eigenvalue weighted by Gasteiger charge is -2.16. The molecule has 0 fully saturated rings. The quantitative estimate of drug-likeness (QED) is 0.589. The van der Waals surface area contributed by atoms with E-state index in [1.807, 2.05) is 43.3 Å². The van der Waals surface area contributed by atoms with Gasteiger partial charge in [0.15, 0.2) is 0 Å². The molecule has 27 heavy (non-hydrogen) atoms. The highest BCUT2D eigenvalue weighted by atomic mass is 35.5. The zero-order chi connectivity index (χ0) is 19.8. The van der Waals surface area contributed by atoms with Gasteiger partial charge in [0, 0.05) is 6.54 Å². The van der Waals surface area contributed by atoms with E-state index < -0.39 is 12.1 Å². The second-order valence-corrected chi connectivity index (χ2v) is 6.97. The standard InChI is InChI=1S/C20H22Cl2N2O3/c1-2-3-18(24-20(26)27)19(25)23-11-10-13-4-6-14(7-5-13)15-8-9-16(21)17(22)12-15/h4-9,12,18,24H,2-3,10-11H2,1H3,(H,23,25)(H,26,27). The zero-order valence-electron chi connectivity index (χ0n) is 15.0. The summed E-state index contributed by atoms with van der Waals surface area (Å²) in [6.45, 7) is 2.34. The minimum atomic E-state index is -1.19. The van der Waals surface area contributed by atoms with E-state index in [4.69, 9.17) is 28.3 Å². The van der Waals surface area contributed by atoms with Gasteiger partial charge in [-0.05, 0) is 41.7 Å². The number of amides is 2. The molecule has 144 valence electrons. The topological polar surface area (TPSA) is 78.4 Å². The lowest BCUT2D eigenvalue weighted by Crippen LogP contribution is -2.46. The average Bonchev–Trinajstić information content (AvgIpc) is 2.64. The molecule has 2 amide bonds. The van der Waals surface area contributed by atoms with Crippen molar-refractivity contribution in [1.29, 1.82) is 0 Å². The van der Waals surface area contributed by atoms with Crippen LogP contribution in [0.15, 0.2) is 42.5 Å². The lowest BCUT2D eigenvalue weighted by atomic mass is 10.0. The SMILES string of the molecule is CCCC(NC(=O)O)C(=O)NCCc1ccc(-c2ccc(Cl)c(Cl)c2)cc1. The Bertz CT molecular complexity index is 794. The predicted octanol–water partition coefficient (Wildman–Crippen LogP) is 4.76. The summed E-state index contributed by atoms with van der Waals surface area (Å²) in [6, 6.07) is 12.7. The van der Waals surface area contributed by atoms with Gasteiger partial charge in [-0.25, -0.2) is 4.79 Å². The minimum absolute atomic E-state index is 0.299. The van der Waals surface area contributed by atoms with E-state index in [1.165, 1.54) is 0 Å². The molecule has 0 aliphatic rings. The van der Waals surface area contributed by atoms with Crippen LogP contribution in [0.1, 0.15) is 25.3 Å². The Morgan fingerprint density at radius 1 is 1.04 bits per heavy atom. The van der Waals surface area contributed by atoms with Gasteiger partial charge >= 0.3 is 6.09 Å². The summed E-state index contributed by atoms with van der Waals surface area (Å²) in [6.07, 6.45) is 0.645. The average molecular weight is 409 g/mol. The van der Waals surface area contributed by atoms with Gasteiger partial charge in [-0.2, -0.15) is 0 Å². The highest BCUT2D eigenvalue weighted by Crippen LogP contribution is 2.28. The molecule has 3 N–H and O–H groups in total. The van der Waals surface area contributed by atoms with Crippen molar-refractivity contribution in [2.24, 2.45) is 0 Å². The summed E-state index contributed by atoms with van der Waals surface area (Å²) in [5.74, 6) is -0.299. The van der Waals surface area contributed by atoms with Crippen LogP contribution in [0.2, 0.25) is 10.0 Å². The van der Waals surface area contributed by atoms with Gasteiger partial charge in [-0.3, -0.25) is 4.79 Å². The maximum atomic E-state index is 12.1. The smallest absolute Gasteiger partial charge is 0.405 e. The van der Waals surface area contributed by atoms with E-state index in [9.17, 15) is 9.59 Å². The van der Waals surface area contributed by atoms with Gasteiger partial charge in [-0.15, -0.1) is 0 Å². The Balaban J connectivity index is 1.90. The van der Waals surface area contributed by atoms with Crippen LogP contribution in [-0.4, -0.2) is 29.7 Å². The van der Waals surface area contributed by atoms with Crippen molar-refractivity contribution >= 4 is 35.2 Å². The molecule has 0 radical (unpaired) electrons. The Hall–Kier alpha value is -2.24. The van der Waals surface area contributed by atoms with E-state index in [2.05, 4.69) is 10.6 Å². The molecule has 2 aromatic carbocycles. The molecule has 0 aliphatic heterocycles. The summed E-state index contributed by atoms with van der Waals surface area (Å²) < 4.78 is 0. The van der Waals surface area contributed by atoms with Crippen LogP contribution in [0, 0.1) is 0 Å². The first kappa shape index (κ1) is 21.1. The summed E-state index contributed by atoms with van der Waals surface area (Å²) >= 11 is 12.0. The van der Waals surface area contributed by atoms with Gasteiger partial charge in [0.05, 0.1) is 10.0 Å². The van der Waals surface area contributed by atoms with Crippen molar-refractivity contribution in [1.82, 2.24) is 10.6 Å². The fraction of sp³-hybridized carbons (Fsp3) is 0.300. The van der Waals surface area contributed by atoms with Crippen LogP contribution in [0.4, 0.5) is 4.79 Å². The van der Waals surface area contributed by atoms with Gasteiger partial charge < -0.3 is 15.7 Å². The lowest BCUT2D eigenvalue weighted by molar-refractivity contribution is -0.123. The van der Waals surface area contributed by atoms with Crippen LogP contribution in [0.3, 0.4) is 0 Å². The Morgan fingerprint density at radius 2 is 1.70 bits per heavy atom. The van der Waals surface area contributed by atoms with Gasteiger partial charge in [0.1, 0.15) is 6.04 Å². The maximum absolute atomic E-state index is 12.1. The molecule has 1 unspecified atom stereocenters. The summed E-state index contributed by atoms with van der Waals surface area (Å²) in [4.78, 5) is 22.9. The summed E-state index contributed by atoms with van der Waals surface area (Å²) in [7, 11) is 0. The van der Waals surface area contributed by atoms with Crippen molar-refractivity contribution in [3.63, 3.8) is 0 Å². The second-order valence-electron chi connectivity index (χ2n) is 6.16. The van der Waals surface area contributed by atoms with E-state index in [-0.39, 0.29) is 5.91 Å². The highest BCUT2D eigenvalue weighted by Gasteiger charge is 2.18. The van der Waals surface area contributed by atoms with Crippen molar-refractivity contribution in [2.75, 3.05) is 6.54 Å². The molecule has 7 heteroatoms. The molecule has 2 aromatic rings. The van der Waals surface area contributed by atoms with E-state index in [0.29, 0.717) is 35.9 Å². The molecular formula is C20H22Cl2N2O3. The number of carboxylic acid groups (broad SMARTS) is 1. The summed E-state index contributed by atoms with van der Waals surface area (Å²) in [5.41, 5.74) is 3.07. The number of hydrogen-bond donors (Lipinski definition) is 3. The molecular weight excluding hydrogens is 387 g/mol. The molecule has 0 heterocycles. The van der Waals surface area contributed by atoms with Crippen molar-refractivity contribution in [3.05, 3.63) is 58.1 Å². The second kappa shape index (κ2) is 10.2. The zero-order valence-corrected chi connectivity index (χ0v) is 16.5. The first-order valence-electron chi connectivity index (χ1n) is 8.72. The normalized spacial score (nSPS) is 11.7. The van der Waals surface area contributed by atoms with E-state index >= 15 is 0 Å². The molecule has 2 rings (SSSR count). The van der Waals surface area contributed by atoms with Crippen LogP contribution in [0.25, 0.3) is 11.1 Å². The third-order valence-corrected chi connectivity index (χ3v) is 4.85. The van der Waals surface area contributed by atoms with Crippen molar-refractivity contribution in [3.8, 4) is 11.1 Å². The van der Waals surface area contributed by atoms with Crippen molar-refractivity contribution in [2.45, 2.75) is 32.2 Å². The van der Waals surface area contributed by atoms with Crippen LogP contribution < -0.4 is 10.6 Å². The Morgan fingerprint density at radius 3 is 2.30 bits per heavy atom. The first-order valence-corrected chi connectivity index (χ1v) is 9.47. The maximum Gasteiger partial charge on any atom is 0.405 e. The largest absolute Gasteiger partial charge is 0.465 e. The third kappa shape index (κ3) is 6.45. The van der Waals surface area contributed by atoms with Crippen molar-refractivity contribution < 1.29 is 14.7 Å². The number of halogens is 2. The predicted molar refractivity (Wildman–Crippen MR) is 108 cm³/mol. The van der Waals surface area contributed by atoms with Crippen LogP contribution in [-0.2, 0) is 11.2 Å². The van der Waals surface area contributed by atoms with Gasteiger partial charge in [0.25, 0.3) is 0 Å². The fourth-order valence-electron chi connectivity index (χ4n) is 2.70. The number of hydrogen-bond acceptors (Lipinski definition) is 2. The molecule has 0 spiro atoms. The van der Waals surface area contributed by atoms with E-state index in [0.717, 1.165) is 16.7 Å². The number of carbonyl (C=O) groups excluding carboxylic acids is 1. The first-order chi connectivity index (χ1) is 12.9. The molecule has 1 atom stereocenters. The number of rotatable bonds is 8. The number of nitrogens with one attached hydrogen (secondary N) is 2. The Kier molecular flexibility index (Phi) is 7.95. The number of carbonyl (C=O) groups is 2. The monoisotopic (exact) mass is 408 g/mol. The fourth-order valence-corrected chi connectivity index (χ4v) is 3.00. The molecule has 0 saturated carbocycles. The highest BCUT2D eigenvalue weighted by molar-refractivity contribution is 6.42. The van der Waals surface area contributed by atoms with Crippen LogP contribution >= 0.6 is 23.2 Å². The molecule has 5 nitrogen and oxygen atoms in total. The molecule has 0 aliphatic carbocycles. The number of benzene rings is 2.